The molecule has 0 unspecified atom stereocenters. The third-order valence-corrected chi connectivity index (χ3v) is 7.73. The molecule has 0 aromatic heterocycles. The third kappa shape index (κ3) is 5.17. The van der Waals surface area contributed by atoms with E-state index in [0.29, 0.717) is 11.3 Å². The Morgan fingerprint density at radius 3 is 2.44 bits per heavy atom. The number of amides is 3. The molecular formula is C26H28N4O3S. The molecule has 176 valence electrons. The van der Waals surface area contributed by atoms with Crippen LogP contribution in [0.2, 0.25) is 0 Å². The minimum absolute atomic E-state index is 0.0743. The lowest BCUT2D eigenvalue weighted by atomic mass is 10.1. The highest BCUT2D eigenvalue weighted by atomic mass is 32.2. The van der Waals surface area contributed by atoms with Crippen LogP contribution in [-0.2, 0) is 22.4 Å². The number of aryl methyl sites for hydroxylation is 2. The van der Waals surface area contributed by atoms with Crippen molar-refractivity contribution in [2.45, 2.75) is 50.2 Å². The van der Waals surface area contributed by atoms with Crippen molar-refractivity contribution in [2.24, 2.45) is 4.99 Å². The molecule has 0 spiro atoms. The number of rotatable bonds is 5. The van der Waals surface area contributed by atoms with Gasteiger partial charge in [-0.15, -0.1) is 0 Å². The average Bonchev–Trinajstić information content (AvgIpc) is 3.46. The van der Waals surface area contributed by atoms with Crippen LogP contribution in [0.25, 0.3) is 0 Å². The summed E-state index contributed by atoms with van der Waals surface area (Å²) in [7, 11) is 0. The van der Waals surface area contributed by atoms with E-state index in [-0.39, 0.29) is 24.1 Å². The molecule has 3 amide bonds. The second-order valence-corrected chi connectivity index (χ2v) is 10.2. The van der Waals surface area contributed by atoms with Gasteiger partial charge < -0.3 is 15.5 Å². The van der Waals surface area contributed by atoms with Gasteiger partial charge in [0.15, 0.2) is 5.17 Å². The van der Waals surface area contributed by atoms with Gasteiger partial charge in [-0.25, -0.2) is 0 Å². The standard InChI is InChI=1S/C26H28N4O3S/c31-23(16-22-25(33)29-26(34-22)30-13-2-1-3-14-30)27-20-10-8-18(9-11-20)24(32)28-21-12-7-17-5-4-6-19(17)15-21/h7-12,15,22H,1-6,13-14,16H2,(H,27,31)(H,28,32)/t22-/m1/s1. The zero-order chi connectivity index (χ0) is 23.5. The second kappa shape index (κ2) is 10.0. The highest BCUT2D eigenvalue weighted by molar-refractivity contribution is 8.15. The van der Waals surface area contributed by atoms with Gasteiger partial charge in [0.05, 0.1) is 0 Å². The molecule has 2 N–H and O–H groups in total. The highest BCUT2D eigenvalue weighted by Gasteiger charge is 2.33. The molecule has 0 saturated carbocycles. The summed E-state index contributed by atoms with van der Waals surface area (Å²) < 4.78 is 0. The Kier molecular flexibility index (Phi) is 6.67. The van der Waals surface area contributed by atoms with Gasteiger partial charge in [-0.3, -0.25) is 14.4 Å². The van der Waals surface area contributed by atoms with Crippen LogP contribution < -0.4 is 10.6 Å². The van der Waals surface area contributed by atoms with Crippen molar-refractivity contribution in [3.05, 3.63) is 59.2 Å². The molecule has 1 saturated heterocycles. The molecule has 5 rings (SSSR count). The zero-order valence-corrected chi connectivity index (χ0v) is 19.8. The molecule has 1 aliphatic carbocycles. The van der Waals surface area contributed by atoms with Crippen LogP contribution in [0.1, 0.15) is 53.6 Å². The number of carbonyl (C=O) groups excluding carboxylic acids is 3. The summed E-state index contributed by atoms with van der Waals surface area (Å²) in [4.78, 5) is 43.8. The van der Waals surface area contributed by atoms with Crippen LogP contribution in [-0.4, -0.2) is 46.1 Å². The van der Waals surface area contributed by atoms with Gasteiger partial charge >= 0.3 is 0 Å². The normalized spacial score (nSPS) is 19.5. The molecule has 1 atom stereocenters. The molecule has 34 heavy (non-hydrogen) atoms. The maximum absolute atomic E-state index is 12.6. The molecule has 0 radical (unpaired) electrons. The van der Waals surface area contributed by atoms with Crippen molar-refractivity contribution in [2.75, 3.05) is 23.7 Å². The monoisotopic (exact) mass is 476 g/mol. The SMILES string of the molecule is O=C(C[C@H]1SC(N2CCCCC2)=NC1=O)Nc1ccc(C(=O)Nc2ccc3c(c2)CCC3)cc1. The fraction of sp³-hybridized carbons (Fsp3) is 0.385. The summed E-state index contributed by atoms with van der Waals surface area (Å²) in [5.41, 5.74) is 4.58. The number of hydrogen-bond acceptors (Lipinski definition) is 5. The summed E-state index contributed by atoms with van der Waals surface area (Å²) >= 11 is 1.39. The predicted octanol–water partition coefficient (Wildman–Crippen LogP) is 4.24. The van der Waals surface area contributed by atoms with Crippen molar-refractivity contribution in [3.8, 4) is 0 Å². The van der Waals surface area contributed by atoms with Gasteiger partial charge in [-0.2, -0.15) is 4.99 Å². The summed E-state index contributed by atoms with van der Waals surface area (Å²) in [6, 6.07) is 12.9. The first kappa shape index (κ1) is 22.7. The highest BCUT2D eigenvalue weighted by Crippen LogP contribution is 2.29. The quantitative estimate of drug-likeness (QED) is 0.674. The maximum Gasteiger partial charge on any atom is 0.262 e. The number of nitrogens with one attached hydrogen (secondary N) is 2. The predicted molar refractivity (Wildman–Crippen MR) is 135 cm³/mol. The molecule has 2 aromatic carbocycles. The molecule has 8 heteroatoms. The smallest absolute Gasteiger partial charge is 0.262 e. The fourth-order valence-corrected chi connectivity index (χ4v) is 5.78. The summed E-state index contributed by atoms with van der Waals surface area (Å²) in [6.45, 7) is 1.84. The molecule has 7 nitrogen and oxygen atoms in total. The van der Waals surface area contributed by atoms with Crippen molar-refractivity contribution in [1.82, 2.24) is 4.90 Å². The molecule has 0 bridgehead atoms. The Morgan fingerprint density at radius 2 is 1.65 bits per heavy atom. The number of fused-ring (bicyclic) bond motifs is 1. The Hall–Kier alpha value is -3.13. The van der Waals surface area contributed by atoms with Crippen LogP contribution in [0.4, 0.5) is 11.4 Å². The number of aliphatic imine (C=N–C) groups is 1. The number of nitrogens with zero attached hydrogens (tertiary/aromatic N) is 2. The Morgan fingerprint density at radius 1 is 0.912 bits per heavy atom. The van der Waals surface area contributed by atoms with Crippen molar-refractivity contribution >= 4 is 46.0 Å². The first-order chi connectivity index (χ1) is 16.5. The summed E-state index contributed by atoms with van der Waals surface area (Å²) in [6.07, 6.45) is 6.84. The molecule has 2 aliphatic heterocycles. The first-order valence-corrected chi connectivity index (χ1v) is 12.8. The summed E-state index contributed by atoms with van der Waals surface area (Å²) in [5.74, 6) is -0.665. The van der Waals surface area contributed by atoms with E-state index in [1.807, 2.05) is 6.07 Å². The van der Waals surface area contributed by atoms with Crippen LogP contribution in [0.3, 0.4) is 0 Å². The van der Waals surface area contributed by atoms with Crippen molar-refractivity contribution in [3.63, 3.8) is 0 Å². The van der Waals surface area contributed by atoms with E-state index in [2.05, 4.69) is 32.7 Å². The van der Waals surface area contributed by atoms with Crippen LogP contribution >= 0.6 is 11.8 Å². The Bertz CT molecular complexity index is 1140. The number of amidine groups is 1. The number of piperidine rings is 1. The van der Waals surface area contributed by atoms with E-state index >= 15 is 0 Å². The largest absolute Gasteiger partial charge is 0.351 e. The lowest BCUT2D eigenvalue weighted by molar-refractivity contribution is -0.121. The van der Waals surface area contributed by atoms with Gasteiger partial charge in [0, 0.05) is 36.4 Å². The van der Waals surface area contributed by atoms with Crippen LogP contribution in [0, 0.1) is 0 Å². The van der Waals surface area contributed by atoms with Crippen molar-refractivity contribution in [1.29, 1.82) is 0 Å². The van der Waals surface area contributed by atoms with E-state index in [9.17, 15) is 14.4 Å². The third-order valence-electron chi connectivity index (χ3n) is 6.51. The maximum atomic E-state index is 12.6. The topological polar surface area (TPSA) is 90.9 Å². The van der Waals surface area contributed by atoms with Gasteiger partial charge in [-0.05, 0) is 86.1 Å². The van der Waals surface area contributed by atoms with E-state index < -0.39 is 5.25 Å². The van der Waals surface area contributed by atoms with Crippen LogP contribution in [0.15, 0.2) is 47.5 Å². The fourth-order valence-electron chi connectivity index (χ4n) is 4.67. The molecule has 1 fully saturated rings. The zero-order valence-electron chi connectivity index (χ0n) is 19.0. The lowest BCUT2D eigenvalue weighted by Crippen LogP contribution is -2.33. The molecular weight excluding hydrogens is 448 g/mol. The number of anilines is 2. The van der Waals surface area contributed by atoms with E-state index in [0.717, 1.165) is 49.6 Å². The van der Waals surface area contributed by atoms with Gasteiger partial charge in [0.25, 0.3) is 11.8 Å². The van der Waals surface area contributed by atoms with Crippen LogP contribution in [0.5, 0.6) is 0 Å². The molecule has 2 aromatic rings. The number of hydrogen-bond donors (Lipinski definition) is 2. The number of likely N-dealkylation sites (tertiary alicyclic amines) is 1. The Balaban J connectivity index is 1.12. The minimum atomic E-state index is -0.478. The number of thioether (sulfide) groups is 1. The summed E-state index contributed by atoms with van der Waals surface area (Å²) in [5, 5.41) is 6.05. The number of carbonyl (C=O) groups is 3. The Labute approximate surface area is 203 Å². The van der Waals surface area contributed by atoms with Gasteiger partial charge in [-0.1, -0.05) is 17.8 Å². The van der Waals surface area contributed by atoms with Gasteiger partial charge in [0.1, 0.15) is 5.25 Å². The number of benzene rings is 2. The molecule has 3 aliphatic rings. The molecule has 2 heterocycles. The van der Waals surface area contributed by atoms with Crippen molar-refractivity contribution < 1.29 is 14.4 Å². The van der Waals surface area contributed by atoms with E-state index in [4.69, 9.17) is 0 Å². The van der Waals surface area contributed by atoms with E-state index in [1.165, 1.54) is 35.7 Å². The second-order valence-electron chi connectivity index (χ2n) is 9.01. The van der Waals surface area contributed by atoms with Gasteiger partial charge in [0.2, 0.25) is 5.91 Å². The van der Waals surface area contributed by atoms with E-state index in [1.54, 1.807) is 24.3 Å². The lowest BCUT2D eigenvalue weighted by Gasteiger charge is -2.27. The minimum Gasteiger partial charge on any atom is -0.351 e. The average molecular weight is 477 g/mol. The first-order valence-electron chi connectivity index (χ1n) is 11.9.